The Balaban J connectivity index is 2.61. The molecule has 0 aliphatic carbocycles. The number of ether oxygens (including phenoxy) is 2. The van der Waals surface area contributed by atoms with Crippen molar-refractivity contribution < 1.29 is 23.9 Å². The zero-order chi connectivity index (χ0) is 19.1. The number of hydrogen-bond acceptors (Lipinski definition) is 5. The van der Waals surface area contributed by atoms with E-state index in [-0.39, 0.29) is 23.5 Å². The number of likely N-dealkylation sites (N-methyl/N-ethyl adjacent to an activating group) is 2. The SMILES string of the molecule is CC(C)C(=O)CCC/C=C/C1O[C@@H](C(=O)N(C)C)[C@H](C(=O)N(C)C)O1. The van der Waals surface area contributed by atoms with E-state index in [0.29, 0.717) is 12.8 Å². The lowest BCUT2D eigenvalue weighted by atomic mass is 10.0. The molecule has 0 spiro atoms. The lowest BCUT2D eigenvalue weighted by Gasteiger charge is -2.21. The van der Waals surface area contributed by atoms with Crippen LogP contribution in [0.2, 0.25) is 0 Å². The summed E-state index contributed by atoms with van der Waals surface area (Å²) in [6.45, 7) is 3.78. The van der Waals surface area contributed by atoms with Crippen molar-refractivity contribution in [2.75, 3.05) is 28.2 Å². The number of rotatable bonds is 8. The minimum atomic E-state index is -0.956. The number of nitrogens with zero attached hydrogens (tertiary/aromatic N) is 2. The van der Waals surface area contributed by atoms with Crippen LogP contribution in [0.3, 0.4) is 0 Å². The Labute approximate surface area is 149 Å². The van der Waals surface area contributed by atoms with Gasteiger partial charge >= 0.3 is 0 Å². The molecule has 1 aliphatic rings. The highest BCUT2D eigenvalue weighted by Gasteiger charge is 2.45. The lowest BCUT2D eigenvalue weighted by molar-refractivity contribution is -0.146. The normalized spacial score (nSPS) is 21.1. The Kier molecular flexibility index (Phi) is 8.25. The van der Waals surface area contributed by atoms with Gasteiger partial charge in [-0.15, -0.1) is 0 Å². The molecule has 142 valence electrons. The van der Waals surface area contributed by atoms with Gasteiger partial charge in [0.15, 0.2) is 18.5 Å². The summed E-state index contributed by atoms with van der Waals surface area (Å²) in [6, 6.07) is 0. The van der Waals surface area contributed by atoms with Crippen molar-refractivity contribution in [2.45, 2.75) is 51.6 Å². The highest BCUT2D eigenvalue weighted by Crippen LogP contribution is 2.23. The van der Waals surface area contributed by atoms with Crippen molar-refractivity contribution in [1.29, 1.82) is 0 Å². The van der Waals surface area contributed by atoms with Crippen LogP contribution in [0.15, 0.2) is 12.2 Å². The van der Waals surface area contributed by atoms with Crippen LogP contribution >= 0.6 is 0 Å². The third-order valence-electron chi connectivity index (χ3n) is 3.94. The van der Waals surface area contributed by atoms with E-state index in [1.54, 1.807) is 34.3 Å². The molecule has 0 unspecified atom stereocenters. The zero-order valence-corrected chi connectivity index (χ0v) is 16.0. The van der Waals surface area contributed by atoms with Crippen molar-refractivity contribution in [3.05, 3.63) is 12.2 Å². The van der Waals surface area contributed by atoms with Crippen LogP contribution in [0.5, 0.6) is 0 Å². The van der Waals surface area contributed by atoms with Gasteiger partial charge in [0.05, 0.1) is 0 Å². The van der Waals surface area contributed by atoms with Gasteiger partial charge in [-0.2, -0.15) is 0 Å². The number of amides is 2. The van der Waals surface area contributed by atoms with E-state index in [0.717, 1.165) is 6.42 Å². The first-order chi connectivity index (χ1) is 11.6. The van der Waals surface area contributed by atoms with E-state index in [1.807, 2.05) is 19.9 Å². The van der Waals surface area contributed by atoms with Crippen LogP contribution in [0.25, 0.3) is 0 Å². The summed E-state index contributed by atoms with van der Waals surface area (Å²) in [5.41, 5.74) is 0. The molecule has 0 aromatic rings. The average molecular weight is 354 g/mol. The third-order valence-corrected chi connectivity index (χ3v) is 3.94. The summed E-state index contributed by atoms with van der Waals surface area (Å²) in [6.07, 6.45) is 2.89. The molecule has 0 radical (unpaired) electrons. The molecule has 0 aromatic carbocycles. The average Bonchev–Trinajstić information content (AvgIpc) is 2.96. The van der Waals surface area contributed by atoms with Crippen LogP contribution in [0, 0.1) is 5.92 Å². The molecule has 2 amide bonds. The summed E-state index contributed by atoms with van der Waals surface area (Å²) in [5, 5.41) is 0. The van der Waals surface area contributed by atoms with Crippen LogP contribution in [-0.4, -0.2) is 74.1 Å². The summed E-state index contributed by atoms with van der Waals surface area (Å²) < 4.78 is 11.2. The predicted molar refractivity (Wildman–Crippen MR) is 93.8 cm³/mol. The first-order valence-corrected chi connectivity index (χ1v) is 8.57. The monoisotopic (exact) mass is 354 g/mol. The number of Topliss-reactive ketones (excluding diaryl/α,β-unsaturated/α-hetero) is 1. The minimum absolute atomic E-state index is 0.0566. The molecule has 0 N–H and O–H groups in total. The quantitative estimate of drug-likeness (QED) is 0.484. The lowest BCUT2D eigenvalue weighted by Crippen LogP contribution is -2.47. The Morgan fingerprint density at radius 2 is 1.44 bits per heavy atom. The van der Waals surface area contributed by atoms with E-state index in [2.05, 4.69) is 0 Å². The fourth-order valence-corrected chi connectivity index (χ4v) is 2.33. The second kappa shape index (κ2) is 9.68. The number of carbonyl (C=O) groups is 3. The van der Waals surface area contributed by atoms with E-state index < -0.39 is 18.5 Å². The number of allylic oxidation sites excluding steroid dienone is 1. The molecule has 1 aliphatic heterocycles. The van der Waals surface area contributed by atoms with Gasteiger partial charge in [0.25, 0.3) is 11.8 Å². The van der Waals surface area contributed by atoms with Gasteiger partial charge < -0.3 is 19.3 Å². The summed E-state index contributed by atoms with van der Waals surface area (Å²) in [5.74, 6) is -0.312. The smallest absolute Gasteiger partial charge is 0.254 e. The van der Waals surface area contributed by atoms with E-state index in [9.17, 15) is 14.4 Å². The van der Waals surface area contributed by atoms with Gasteiger partial charge in [0, 0.05) is 40.5 Å². The molecule has 1 saturated heterocycles. The summed E-state index contributed by atoms with van der Waals surface area (Å²) in [4.78, 5) is 38.8. The summed E-state index contributed by atoms with van der Waals surface area (Å²) in [7, 11) is 6.44. The van der Waals surface area contributed by atoms with Gasteiger partial charge in [-0.3, -0.25) is 14.4 Å². The van der Waals surface area contributed by atoms with Gasteiger partial charge in [-0.25, -0.2) is 0 Å². The van der Waals surface area contributed by atoms with Crippen LogP contribution in [-0.2, 0) is 23.9 Å². The van der Waals surface area contributed by atoms with Gasteiger partial charge in [0.2, 0.25) is 0 Å². The van der Waals surface area contributed by atoms with E-state index >= 15 is 0 Å². The molecular formula is C18H30N2O5. The maximum Gasteiger partial charge on any atom is 0.254 e. The molecule has 7 heteroatoms. The summed E-state index contributed by atoms with van der Waals surface area (Å²) >= 11 is 0. The molecule has 0 aromatic heterocycles. The van der Waals surface area contributed by atoms with Gasteiger partial charge in [-0.1, -0.05) is 19.9 Å². The van der Waals surface area contributed by atoms with Gasteiger partial charge in [0.1, 0.15) is 5.78 Å². The Bertz CT molecular complexity index is 486. The van der Waals surface area contributed by atoms with Crippen molar-refractivity contribution in [3.63, 3.8) is 0 Å². The third kappa shape index (κ3) is 6.25. The topological polar surface area (TPSA) is 76.2 Å². The van der Waals surface area contributed by atoms with E-state index in [1.165, 1.54) is 9.80 Å². The molecule has 1 fully saturated rings. The van der Waals surface area contributed by atoms with Crippen LogP contribution in [0.1, 0.15) is 33.1 Å². The Morgan fingerprint density at radius 3 is 1.84 bits per heavy atom. The fourth-order valence-electron chi connectivity index (χ4n) is 2.33. The molecule has 25 heavy (non-hydrogen) atoms. The second-order valence-electron chi connectivity index (χ2n) is 6.89. The molecular weight excluding hydrogens is 324 g/mol. The zero-order valence-electron chi connectivity index (χ0n) is 16.0. The highest BCUT2D eigenvalue weighted by molar-refractivity contribution is 5.91. The molecule has 0 bridgehead atoms. The first kappa shape index (κ1) is 21.3. The molecule has 0 saturated carbocycles. The Hall–Kier alpha value is -1.73. The molecule has 1 heterocycles. The molecule has 2 atom stereocenters. The second-order valence-corrected chi connectivity index (χ2v) is 6.89. The number of carbonyl (C=O) groups excluding carboxylic acids is 3. The highest BCUT2D eigenvalue weighted by atomic mass is 16.7. The van der Waals surface area contributed by atoms with Gasteiger partial charge in [-0.05, 0) is 18.9 Å². The van der Waals surface area contributed by atoms with Crippen LogP contribution in [0.4, 0.5) is 0 Å². The van der Waals surface area contributed by atoms with Crippen molar-refractivity contribution >= 4 is 17.6 Å². The van der Waals surface area contributed by atoms with Crippen molar-refractivity contribution in [1.82, 2.24) is 9.80 Å². The number of unbranched alkanes of at least 4 members (excludes halogenated alkanes) is 1. The van der Waals surface area contributed by atoms with E-state index in [4.69, 9.17) is 9.47 Å². The predicted octanol–water partition coefficient (Wildman–Crippen LogP) is 1.22. The van der Waals surface area contributed by atoms with Crippen molar-refractivity contribution in [3.8, 4) is 0 Å². The largest absolute Gasteiger partial charge is 0.346 e. The number of ketones is 1. The Morgan fingerprint density at radius 1 is 0.960 bits per heavy atom. The van der Waals surface area contributed by atoms with Crippen LogP contribution < -0.4 is 0 Å². The standard InChI is InChI=1S/C18H30N2O5/c1-12(2)13(21)10-8-7-9-11-14-24-15(17(22)19(3)4)16(25-14)18(23)20(5)6/h9,11-12,14-16H,7-8,10H2,1-6H3/b11-9+/t15-,16-/m1/s1. The number of hydrogen-bond donors (Lipinski definition) is 0. The molecule has 1 rings (SSSR count). The van der Waals surface area contributed by atoms with Crippen molar-refractivity contribution in [2.24, 2.45) is 5.92 Å². The maximum absolute atomic E-state index is 12.2. The minimum Gasteiger partial charge on any atom is -0.346 e. The maximum atomic E-state index is 12.2. The molecule has 7 nitrogen and oxygen atoms in total. The fraction of sp³-hybridized carbons (Fsp3) is 0.722. The first-order valence-electron chi connectivity index (χ1n) is 8.57.